The zero-order valence-corrected chi connectivity index (χ0v) is 12.3. The minimum atomic E-state index is -0.743. The van der Waals surface area contributed by atoms with Gasteiger partial charge in [-0.05, 0) is 36.4 Å². The van der Waals surface area contributed by atoms with Gasteiger partial charge in [-0.15, -0.1) is 0 Å². The third-order valence-corrected chi connectivity index (χ3v) is 3.29. The highest BCUT2D eigenvalue weighted by atomic mass is 35.5. The number of phenols is 1. The first-order chi connectivity index (χ1) is 11.0. The van der Waals surface area contributed by atoms with Crippen LogP contribution in [0.4, 0.5) is 10.1 Å². The van der Waals surface area contributed by atoms with Crippen molar-refractivity contribution in [3.63, 3.8) is 0 Å². The van der Waals surface area contributed by atoms with Crippen molar-refractivity contribution in [3.05, 3.63) is 65.1 Å². The summed E-state index contributed by atoms with van der Waals surface area (Å²) in [5.74, 6) is -1.50. The molecule has 0 saturated heterocycles. The lowest BCUT2D eigenvalue weighted by Gasteiger charge is -2.02. The Hall–Kier alpha value is -2.86. The van der Waals surface area contributed by atoms with Gasteiger partial charge in [0.15, 0.2) is 23.0 Å². The zero-order chi connectivity index (χ0) is 16.4. The quantitative estimate of drug-likeness (QED) is 0.757. The lowest BCUT2D eigenvalue weighted by molar-refractivity contribution is 0.101. The maximum Gasteiger partial charge on any atom is 0.277 e. The molecule has 116 valence electrons. The molecule has 0 saturated carbocycles. The molecule has 1 aromatic heterocycles. The van der Waals surface area contributed by atoms with Crippen molar-refractivity contribution in [1.29, 1.82) is 0 Å². The zero-order valence-electron chi connectivity index (χ0n) is 11.6. The molecule has 0 bridgehead atoms. The van der Waals surface area contributed by atoms with E-state index in [4.69, 9.17) is 16.1 Å². The number of aromatic hydroxyl groups is 1. The van der Waals surface area contributed by atoms with Crippen molar-refractivity contribution in [2.45, 2.75) is 0 Å². The number of hydrogen-bond acceptors (Lipinski definition) is 4. The van der Waals surface area contributed by atoms with Gasteiger partial charge < -0.3 is 14.9 Å². The van der Waals surface area contributed by atoms with Crippen molar-refractivity contribution in [1.82, 2.24) is 5.16 Å². The van der Waals surface area contributed by atoms with Crippen LogP contribution in [0, 0.1) is 5.82 Å². The molecule has 2 N–H and O–H groups in total. The summed E-state index contributed by atoms with van der Waals surface area (Å²) < 4.78 is 18.1. The molecule has 0 spiro atoms. The summed E-state index contributed by atoms with van der Waals surface area (Å²) in [7, 11) is 0. The van der Waals surface area contributed by atoms with E-state index >= 15 is 0 Å². The Labute approximate surface area is 135 Å². The largest absolute Gasteiger partial charge is 0.505 e. The number of benzene rings is 2. The first kappa shape index (κ1) is 15.1. The number of halogens is 2. The van der Waals surface area contributed by atoms with Crippen molar-refractivity contribution < 1.29 is 18.8 Å². The number of aromatic nitrogens is 1. The fraction of sp³-hybridized carbons (Fsp3) is 0. The number of anilines is 1. The summed E-state index contributed by atoms with van der Waals surface area (Å²) in [4.78, 5) is 12.1. The maximum absolute atomic E-state index is 13.1. The molecule has 3 rings (SSSR count). The van der Waals surface area contributed by atoms with Gasteiger partial charge in [0.05, 0.1) is 0 Å². The van der Waals surface area contributed by atoms with Gasteiger partial charge in [0, 0.05) is 22.3 Å². The molecule has 0 fully saturated rings. The Bertz CT molecular complexity index is 879. The second kappa shape index (κ2) is 6.10. The average molecular weight is 333 g/mol. The highest BCUT2D eigenvalue weighted by molar-refractivity contribution is 6.30. The van der Waals surface area contributed by atoms with Crippen LogP contribution in [0.25, 0.3) is 11.3 Å². The predicted octanol–water partition coefficient (Wildman–Crippen LogP) is 4.09. The molecule has 1 amide bonds. The fourth-order valence-corrected chi connectivity index (χ4v) is 2.14. The van der Waals surface area contributed by atoms with Crippen molar-refractivity contribution in [3.8, 4) is 17.1 Å². The number of amides is 1. The van der Waals surface area contributed by atoms with Crippen LogP contribution in [0.3, 0.4) is 0 Å². The third-order valence-electron chi connectivity index (χ3n) is 3.06. The smallest absolute Gasteiger partial charge is 0.277 e. The monoisotopic (exact) mass is 332 g/mol. The van der Waals surface area contributed by atoms with E-state index in [1.807, 2.05) is 0 Å². The van der Waals surface area contributed by atoms with Crippen LogP contribution in [0.5, 0.6) is 5.75 Å². The standard InChI is InChI=1S/C16H10ClFN2O3/c17-10-2-1-3-11(7-10)19-16(22)13-8-15(23-20-13)9-4-5-12(18)14(21)6-9/h1-8,21H,(H,19,22). The van der Waals surface area contributed by atoms with Crippen LogP contribution in [-0.4, -0.2) is 16.2 Å². The van der Waals surface area contributed by atoms with Gasteiger partial charge in [-0.3, -0.25) is 4.79 Å². The fourth-order valence-electron chi connectivity index (χ4n) is 1.95. The number of nitrogens with one attached hydrogen (secondary N) is 1. The van der Waals surface area contributed by atoms with Gasteiger partial charge >= 0.3 is 0 Å². The normalized spacial score (nSPS) is 10.5. The van der Waals surface area contributed by atoms with Gasteiger partial charge in [0.25, 0.3) is 5.91 Å². The van der Waals surface area contributed by atoms with E-state index in [1.165, 1.54) is 18.2 Å². The minimum absolute atomic E-state index is 0.0452. The molecule has 0 aliphatic heterocycles. The van der Waals surface area contributed by atoms with Gasteiger partial charge in [-0.25, -0.2) is 4.39 Å². The molecule has 23 heavy (non-hydrogen) atoms. The second-order valence-electron chi connectivity index (χ2n) is 4.71. The summed E-state index contributed by atoms with van der Waals surface area (Å²) in [5.41, 5.74) is 0.966. The summed E-state index contributed by atoms with van der Waals surface area (Å²) >= 11 is 5.85. The number of carbonyl (C=O) groups is 1. The highest BCUT2D eigenvalue weighted by Crippen LogP contribution is 2.26. The summed E-state index contributed by atoms with van der Waals surface area (Å²) in [6, 6.07) is 11.8. The third kappa shape index (κ3) is 3.32. The van der Waals surface area contributed by atoms with E-state index in [-0.39, 0.29) is 11.5 Å². The predicted molar refractivity (Wildman–Crippen MR) is 83.0 cm³/mol. The van der Waals surface area contributed by atoms with Crippen LogP contribution in [0.2, 0.25) is 5.02 Å². The Morgan fingerprint density at radius 2 is 2.04 bits per heavy atom. The van der Waals surface area contributed by atoms with Crippen LogP contribution in [-0.2, 0) is 0 Å². The maximum atomic E-state index is 13.1. The van der Waals surface area contributed by atoms with Crippen LogP contribution in [0.15, 0.2) is 53.1 Å². The van der Waals surface area contributed by atoms with Crippen LogP contribution < -0.4 is 5.32 Å². The summed E-state index contributed by atoms with van der Waals surface area (Å²) in [5, 5.41) is 16.2. The average Bonchev–Trinajstić information content (AvgIpc) is 3.00. The molecule has 0 unspecified atom stereocenters. The number of nitrogens with zero attached hydrogens (tertiary/aromatic N) is 1. The molecule has 2 aromatic carbocycles. The van der Waals surface area contributed by atoms with Crippen LogP contribution >= 0.6 is 11.6 Å². The van der Waals surface area contributed by atoms with E-state index in [2.05, 4.69) is 10.5 Å². The molecule has 7 heteroatoms. The Kier molecular flexibility index (Phi) is 3.99. The van der Waals surface area contributed by atoms with Gasteiger partial charge in [-0.1, -0.05) is 22.8 Å². The summed E-state index contributed by atoms with van der Waals surface area (Å²) in [6.07, 6.45) is 0. The van der Waals surface area contributed by atoms with E-state index in [9.17, 15) is 14.3 Å². The first-order valence-electron chi connectivity index (χ1n) is 6.55. The molecule has 5 nitrogen and oxygen atoms in total. The van der Waals surface area contributed by atoms with E-state index in [1.54, 1.807) is 24.3 Å². The molecular weight excluding hydrogens is 323 g/mol. The Morgan fingerprint density at radius 1 is 1.22 bits per heavy atom. The second-order valence-corrected chi connectivity index (χ2v) is 5.14. The number of hydrogen-bond donors (Lipinski definition) is 2. The van der Waals surface area contributed by atoms with Crippen molar-refractivity contribution in [2.75, 3.05) is 5.32 Å². The van der Waals surface area contributed by atoms with Gasteiger partial charge in [-0.2, -0.15) is 0 Å². The van der Waals surface area contributed by atoms with E-state index in [0.29, 0.717) is 16.3 Å². The molecule has 0 radical (unpaired) electrons. The number of phenolic OH excluding ortho intramolecular Hbond substituents is 1. The SMILES string of the molecule is O=C(Nc1cccc(Cl)c1)c1cc(-c2ccc(F)c(O)c2)on1. The van der Waals surface area contributed by atoms with Crippen molar-refractivity contribution >= 4 is 23.2 Å². The molecule has 0 aliphatic rings. The molecule has 0 aliphatic carbocycles. The van der Waals surface area contributed by atoms with Crippen LogP contribution in [0.1, 0.15) is 10.5 Å². The molecular formula is C16H10ClFN2O3. The highest BCUT2D eigenvalue weighted by Gasteiger charge is 2.15. The first-order valence-corrected chi connectivity index (χ1v) is 6.93. The van der Waals surface area contributed by atoms with E-state index < -0.39 is 17.5 Å². The lowest BCUT2D eigenvalue weighted by atomic mass is 10.1. The van der Waals surface area contributed by atoms with Crippen molar-refractivity contribution in [2.24, 2.45) is 0 Å². The molecule has 1 heterocycles. The van der Waals surface area contributed by atoms with Gasteiger partial charge in [0.1, 0.15) is 0 Å². The lowest BCUT2D eigenvalue weighted by Crippen LogP contribution is -2.11. The van der Waals surface area contributed by atoms with E-state index in [0.717, 1.165) is 6.07 Å². The summed E-state index contributed by atoms with van der Waals surface area (Å²) in [6.45, 7) is 0. The van der Waals surface area contributed by atoms with Gasteiger partial charge in [0.2, 0.25) is 0 Å². The molecule has 3 aromatic rings. The Balaban J connectivity index is 1.81. The number of rotatable bonds is 3. The number of carbonyl (C=O) groups excluding carboxylic acids is 1. The minimum Gasteiger partial charge on any atom is -0.505 e. The topological polar surface area (TPSA) is 75.4 Å². The molecule has 0 atom stereocenters. The Morgan fingerprint density at radius 3 is 2.78 bits per heavy atom.